The molecule has 0 atom stereocenters. The van der Waals surface area contributed by atoms with Gasteiger partial charge >= 0.3 is 0 Å². The molecule has 2 heterocycles. The first-order chi connectivity index (χ1) is 7.77. The molecule has 0 saturated carbocycles. The van der Waals surface area contributed by atoms with E-state index in [1.54, 1.807) is 6.92 Å². The van der Waals surface area contributed by atoms with Crippen molar-refractivity contribution in [1.29, 1.82) is 0 Å². The first-order valence-corrected chi connectivity index (χ1v) is 5.35. The van der Waals surface area contributed by atoms with Crippen LogP contribution in [0.2, 0.25) is 0 Å². The highest BCUT2D eigenvalue weighted by Gasteiger charge is 2.13. The minimum Gasteiger partial charge on any atom is -0.361 e. The highest BCUT2D eigenvalue weighted by atomic mass is 16.5. The van der Waals surface area contributed by atoms with E-state index < -0.39 is 0 Å². The molecular formula is C11H15N3O2. The number of aryl methyl sites for hydroxylation is 1. The van der Waals surface area contributed by atoms with Crippen molar-refractivity contribution in [2.75, 3.05) is 19.6 Å². The Bertz CT molecular complexity index is 409. The van der Waals surface area contributed by atoms with Crippen molar-refractivity contribution < 1.29 is 9.32 Å². The van der Waals surface area contributed by atoms with E-state index in [1.807, 2.05) is 0 Å². The molecule has 5 nitrogen and oxygen atoms in total. The van der Waals surface area contributed by atoms with Gasteiger partial charge in [-0.3, -0.25) is 4.79 Å². The number of nitrogens with one attached hydrogen (secondary N) is 2. The SMILES string of the molecule is Cc1oncc1C(=O)NCC1=CCNCC1. The normalized spacial score (nSPS) is 15.7. The smallest absolute Gasteiger partial charge is 0.256 e. The molecule has 1 aliphatic heterocycles. The molecule has 5 heteroatoms. The van der Waals surface area contributed by atoms with Gasteiger partial charge in [-0.2, -0.15) is 0 Å². The molecule has 1 aromatic rings. The highest BCUT2D eigenvalue weighted by Crippen LogP contribution is 2.07. The van der Waals surface area contributed by atoms with Crippen LogP contribution in [0, 0.1) is 6.92 Å². The number of nitrogens with zero attached hydrogens (tertiary/aromatic N) is 1. The molecule has 0 radical (unpaired) electrons. The Labute approximate surface area is 93.9 Å². The number of hydrogen-bond donors (Lipinski definition) is 2. The standard InChI is InChI=1S/C11H15N3O2/c1-8-10(7-14-16-8)11(15)13-6-9-2-4-12-5-3-9/h2,7,12H,3-6H2,1H3,(H,13,15). The maximum absolute atomic E-state index is 11.7. The van der Waals surface area contributed by atoms with Gasteiger partial charge in [0.2, 0.25) is 0 Å². The summed E-state index contributed by atoms with van der Waals surface area (Å²) >= 11 is 0. The third-order valence-corrected chi connectivity index (χ3v) is 2.63. The van der Waals surface area contributed by atoms with Gasteiger partial charge < -0.3 is 15.2 Å². The van der Waals surface area contributed by atoms with E-state index in [-0.39, 0.29) is 5.91 Å². The van der Waals surface area contributed by atoms with Gasteiger partial charge in [0.1, 0.15) is 11.3 Å². The van der Waals surface area contributed by atoms with Crippen LogP contribution >= 0.6 is 0 Å². The van der Waals surface area contributed by atoms with Crippen LogP contribution < -0.4 is 10.6 Å². The predicted molar refractivity (Wildman–Crippen MR) is 59.1 cm³/mol. The van der Waals surface area contributed by atoms with E-state index in [9.17, 15) is 4.79 Å². The van der Waals surface area contributed by atoms with E-state index >= 15 is 0 Å². The zero-order valence-electron chi connectivity index (χ0n) is 9.25. The lowest BCUT2D eigenvalue weighted by Gasteiger charge is -2.14. The Kier molecular flexibility index (Phi) is 3.36. The zero-order chi connectivity index (χ0) is 11.4. The third kappa shape index (κ3) is 2.49. The Morgan fingerprint density at radius 2 is 2.56 bits per heavy atom. The average Bonchev–Trinajstić information content (AvgIpc) is 2.74. The minimum absolute atomic E-state index is 0.127. The lowest BCUT2D eigenvalue weighted by atomic mass is 10.1. The molecule has 16 heavy (non-hydrogen) atoms. The summed E-state index contributed by atoms with van der Waals surface area (Å²) in [5.74, 6) is 0.426. The summed E-state index contributed by atoms with van der Waals surface area (Å²) in [6.07, 6.45) is 4.55. The monoisotopic (exact) mass is 221 g/mol. The van der Waals surface area contributed by atoms with E-state index in [0.29, 0.717) is 17.9 Å². The van der Waals surface area contributed by atoms with Crippen LogP contribution in [0.4, 0.5) is 0 Å². The molecule has 1 amide bonds. The molecular weight excluding hydrogens is 206 g/mol. The van der Waals surface area contributed by atoms with Crippen molar-refractivity contribution in [2.24, 2.45) is 0 Å². The Hall–Kier alpha value is -1.62. The van der Waals surface area contributed by atoms with Gasteiger partial charge in [0.05, 0.1) is 6.20 Å². The molecule has 86 valence electrons. The molecule has 0 aliphatic carbocycles. The molecule has 0 bridgehead atoms. The fourth-order valence-corrected chi connectivity index (χ4v) is 1.64. The van der Waals surface area contributed by atoms with Crippen molar-refractivity contribution in [3.8, 4) is 0 Å². The maximum atomic E-state index is 11.7. The van der Waals surface area contributed by atoms with Crippen LogP contribution in [0.15, 0.2) is 22.4 Å². The number of aromatic nitrogens is 1. The van der Waals surface area contributed by atoms with Crippen LogP contribution in [-0.2, 0) is 0 Å². The van der Waals surface area contributed by atoms with Crippen molar-refractivity contribution in [2.45, 2.75) is 13.3 Å². The molecule has 0 spiro atoms. The molecule has 2 N–H and O–H groups in total. The molecule has 2 rings (SSSR count). The van der Waals surface area contributed by atoms with Crippen LogP contribution in [0.3, 0.4) is 0 Å². The fourth-order valence-electron chi connectivity index (χ4n) is 1.64. The van der Waals surface area contributed by atoms with E-state index in [0.717, 1.165) is 19.5 Å². The van der Waals surface area contributed by atoms with E-state index in [1.165, 1.54) is 11.8 Å². The summed E-state index contributed by atoms with van der Waals surface area (Å²) in [4.78, 5) is 11.7. The van der Waals surface area contributed by atoms with Crippen molar-refractivity contribution >= 4 is 5.91 Å². The maximum Gasteiger partial charge on any atom is 0.256 e. The first kappa shape index (κ1) is 10.9. The van der Waals surface area contributed by atoms with Crippen LogP contribution in [0.5, 0.6) is 0 Å². The molecule has 0 aromatic carbocycles. The van der Waals surface area contributed by atoms with Crippen molar-refractivity contribution in [3.63, 3.8) is 0 Å². The lowest BCUT2D eigenvalue weighted by Crippen LogP contribution is -2.29. The van der Waals surface area contributed by atoms with E-state index in [4.69, 9.17) is 4.52 Å². The highest BCUT2D eigenvalue weighted by molar-refractivity contribution is 5.94. The van der Waals surface area contributed by atoms with Crippen LogP contribution in [-0.4, -0.2) is 30.7 Å². The summed E-state index contributed by atoms with van der Waals surface area (Å²) in [6, 6.07) is 0. The summed E-state index contributed by atoms with van der Waals surface area (Å²) in [5, 5.41) is 9.66. The molecule has 1 aromatic heterocycles. The summed E-state index contributed by atoms with van der Waals surface area (Å²) in [6.45, 7) is 4.20. The second-order valence-corrected chi connectivity index (χ2v) is 3.79. The van der Waals surface area contributed by atoms with Gasteiger partial charge in [-0.15, -0.1) is 0 Å². The lowest BCUT2D eigenvalue weighted by molar-refractivity contribution is 0.0955. The van der Waals surface area contributed by atoms with E-state index in [2.05, 4.69) is 21.9 Å². The summed E-state index contributed by atoms with van der Waals surface area (Å²) < 4.78 is 4.84. The Morgan fingerprint density at radius 1 is 1.69 bits per heavy atom. The minimum atomic E-state index is -0.127. The van der Waals surface area contributed by atoms with Gasteiger partial charge in [-0.25, -0.2) is 0 Å². The zero-order valence-corrected chi connectivity index (χ0v) is 9.25. The van der Waals surface area contributed by atoms with Crippen LogP contribution in [0.1, 0.15) is 22.5 Å². The van der Waals surface area contributed by atoms with Gasteiger partial charge in [-0.05, 0) is 19.9 Å². The topological polar surface area (TPSA) is 67.2 Å². The average molecular weight is 221 g/mol. The second kappa shape index (κ2) is 4.94. The van der Waals surface area contributed by atoms with Gasteiger partial charge in [0.15, 0.2) is 0 Å². The van der Waals surface area contributed by atoms with Gasteiger partial charge in [0, 0.05) is 13.1 Å². The van der Waals surface area contributed by atoms with Crippen molar-refractivity contribution in [1.82, 2.24) is 15.8 Å². The van der Waals surface area contributed by atoms with Crippen LogP contribution in [0.25, 0.3) is 0 Å². The fraction of sp³-hybridized carbons (Fsp3) is 0.455. The summed E-state index contributed by atoms with van der Waals surface area (Å²) in [5.41, 5.74) is 1.77. The number of amides is 1. The van der Waals surface area contributed by atoms with Gasteiger partial charge in [-0.1, -0.05) is 16.8 Å². The van der Waals surface area contributed by atoms with Crippen molar-refractivity contribution in [3.05, 3.63) is 29.2 Å². The number of carbonyl (C=O) groups excluding carboxylic acids is 1. The quantitative estimate of drug-likeness (QED) is 0.735. The largest absolute Gasteiger partial charge is 0.361 e. The number of carbonyl (C=O) groups is 1. The third-order valence-electron chi connectivity index (χ3n) is 2.63. The predicted octanol–water partition coefficient (Wildman–Crippen LogP) is 0.633. The van der Waals surface area contributed by atoms with Gasteiger partial charge in [0.25, 0.3) is 5.91 Å². The molecule has 0 saturated heterocycles. The Morgan fingerprint density at radius 3 is 3.19 bits per heavy atom. The first-order valence-electron chi connectivity index (χ1n) is 5.35. The molecule has 1 aliphatic rings. The number of rotatable bonds is 3. The Balaban J connectivity index is 1.89. The molecule has 0 unspecified atom stereocenters. The number of hydrogen-bond acceptors (Lipinski definition) is 4. The molecule has 0 fully saturated rings. The second-order valence-electron chi connectivity index (χ2n) is 3.79. The summed E-state index contributed by atoms with van der Waals surface area (Å²) in [7, 11) is 0.